The molecule has 1 aromatic rings. The number of halogens is 1. The van der Waals surface area contributed by atoms with Crippen molar-refractivity contribution in [1.29, 1.82) is 0 Å². The molecule has 0 radical (unpaired) electrons. The molecule has 0 saturated carbocycles. The second kappa shape index (κ2) is 8.15. The topological polar surface area (TPSA) is 21.3 Å². The number of rotatable bonds is 6. The van der Waals surface area contributed by atoms with Crippen LogP contribution in [0.4, 0.5) is 0 Å². The van der Waals surface area contributed by atoms with E-state index in [1.165, 1.54) is 24.2 Å². The minimum absolute atomic E-state index is 0.562. The lowest BCUT2D eigenvalue weighted by Gasteiger charge is -2.26. The maximum Gasteiger partial charge on any atom is 0.0468 e. The third-order valence-corrected chi connectivity index (χ3v) is 5.01. The molecule has 0 aliphatic carbocycles. The molecule has 1 fully saturated rings. The van der Waals surface area contributed by atoms with Crippen LogP contribution in [-0.2, 0) is 4.74 Å². The minimum atomic E-state index is 0.562. The van der Waals surface area contributed by atoms with Gasteiger partial charge in [-0.15, -0.1) is 11.8 Å². The Kier molecular flexibility index (Phi) is 6.51. The van der Waals surface area contributed by atoms with Crippen molar-refractivity contribution in [3.63, 3.8) is 0 Å². The largest absolute Gasteiger partial charge is 0.381 e. The van der Waals surface area contributed by atoms with Gasteiger partial charge in [0.1, 0.15) is 0 Å². The molecule has 1 unspecified atom stereocenters. The van der Waals surface area contributed by atoms with E-state index >= 15 is 0 Å². The fourth-order valence-corrected chi connectivity index (χ4v) is 3.74. The molecule has 0 bridgehead atoms. The highest BCUT2D eigenvalue weighted by Gasteiger charge is 2.18. The van der Waals surface area contributed by atoms with E-state index in [4.69, 9.17) is 16.3 Å². The highest BCUT2D eigenvalue weighted by atomic mass is 35.5. The zero-order valence-electron chi connectivity index (χ0n) is 11.4. The summed E-state index contributed by atoms with van der Waals surface area (Å²) < 4.78 is 5.42. The summed E-state index contributed by atoms with van der Waals surface area (Å²) in [5.74, 6) is 1.90. The van der Waals surface area contributed by atoms with Crippen LogP contribution in [0.1, 0.15) is 19.3 Å². The monoisotopic (exact) mass is 299 g/mol. The van der Waals surface area contributed by atoms with Crippen LogP contribution in [0.15, 0.2) is 29.2 Å². The van der Waals surface area contributed by atoms with E-state index in [1.807, 2.05) is 30.0 Å². The number of thioether (sulfide) groups is 1. The first-order chi connectivity index (χ1) is 9.28. The van der Waals surface area contributed by atoms with E-state index in [-0.39, 0.29) is 0 Å². The molecule has 0 amide bonds. The Morgan fingerprint density at radius 3 is 2.89 bits per heavy atom. The smallest absolute Gasteiger partial charge is 0.0468 e. The molecule has 1 aliphatic heterocycles. The fourth-order valence-electron chi connectivity index (χ4n) is 2.41. The Morgan fingerprint density at radius 2 is 2.21 bits per heavy atom. The summed E-state index contributed by atoms with van der Waals surface area (Å²) in [5, 5.41) is 4.25. The Labute approximate surface area is 125 Å². The van der Waals surface area contributed by atoms with Crippen LogP contribution >= 0.6 is 23.4 Å². The Morgan fingerprint density at radius 1 is 1.42 bits per heavy atom. The molecule has 1 N–H and O–H groups in total. The highest BCUT2D eigenvalue weighted by Crippen LogP contribution is 2.25. The maximum absolute atomic E-state index is 6.01. The first kappa shape index (κ1) is 15.2. The van der Waals surface area contributed by atoms with E-state index in [2.05, 4.69) is 18.4 Å². The molecule has 1 atom stereocenters. The second-order valence-electron chi connectivity index (χ2n) is 5.05. The molecule has 0 spiro atoms. The van der Waals surface area contributed by atoms with Crippen molar-refractivity contribution < 1.29 is 4.74 Å². The van der Waals surface area contributed by atoms with E-state index < -0.39 is 0 Å². The summed E-state index contributed by atoms with van der Waals surface area (Å²) in [4.78, 5) is 1.25. The Bertz CT molecular complexity index is 382. The first-order valence-electron chi connectivity index (χ1n) is 6.91. The van der Waals surface area contributed by atoms with Gasteiger partial charge in [-0.2, -0.15) is 0 Å². The van der Waals surface area contributed by atoms with Crippen LogP contribution in [0, 0.1) is 5.92 Å². The predicted octanol–water partition coefficient (Wildman–Crippen LogP) is 3.84. The molecular weight excluding hydrogens is 278 g/mol. The molecule has 1 aromatic carbocycles. The van der Waals surface area contributed by atoms with E-state index in [1.54, 1.807) is 0 Å². The summed E-state index contributed by atoms with van der Waals surface area (Å²) in [6.07, 6.45) is 3.66. The van der Waals surface area contributed by atoms with Crippen LogP contribution in [0.25, 0.3) is 0 Å². The van der Waals surface area contributed by atoms with Crippen molar-refractivity contribution in [2.24, 2.45) is 5.92 Å². The van der Waals surface area contributed by atoms with Crippen LogP contribution in [0.5, 0.6) is 0 Å². The molecule has 1 aliphatic rings. The zero-order chi connectivity index (χ0) is 13.5. The standard InChI is InChI=1S/C15H22ClNOS/c1-17-14(9-12-5-7-18-8-6-12)11-19-15-4-2-3-13(16)10-15/h2-4,10,12,14,17H,5-9,11H2,1H3. The molecule has 1 saturated heterocycles. The van der Waals surface area contributed by atoms with E-state index in [0.29, 0.717) is 6.04 Å². The normalized spacial score (nSPS) is 18.4. The minimum Gasteiger partial charge on any atom is -0.381 e. The summed E-state index contributed by atoms with van der Waals surface area (Å²) in [7, 11) is 2.06. The number of nitrogens with one attached hydrogen (secondary N) is 1. The third kappa shape index (κ3) is 5.35. The summed E-state index contributed by atoms with van der Waals surface area (Å²) in [5.41, 5.74) is 0. The van der Waals surface area contributed by atoms with E-state index in [9.17, 15) is 0 Å². The molecule has 0 aromatic heterocycles. The summed E-state index contributed by atoms with van der Waals surface area (Å²) >= 11 is 7.88. The number of ether oxygens (including phenoxy) is 1. The summed E-state index contributed by atoms with van der Waals surface area (Å²) in [6, 6.07) is 8.65. The van der Waals surface area contributed by atoms with Gasteiger partial charge in [0, 0.05) is 34.9 Å². The lowest BCUT2D eigenvalue weighted by molar-refractivity contribution is 0.0616. The van der Waals surface area contributed by atoms with Crippen molar-refractivity contribution in [1.82, 2.24) is 5.32 Å². The predicted molar refractivity (Wildman–Crippen MR) is 83.2 cm³/mol. The molecular formula is C15H22ClNOS. The molecule has 2 nitrogen and oxygen atoms in total. The molecule has 4 heteroatoms. The lowest BCUT2D eigenvalue weighted by atomic mass is 9.93. The van der Waals surface area contributed by atoms with Crippen molar-refractivity contribution >= 4 is 23.4 Å². The van der Waals surface area contributed by atoms with Gasteiger partial charge in [-0.25, -0.2) is 0 Å². The quantitative estimate of drug-likeness (QED) is 0.807. The average molecular weight is 300 g/mol. The van der Waals surface area contributed by atoms with Gasteiger partial charge >= 0.3 is 0 Å². The Hall–Kier alpha value is -0.220. The van der Waals surface area contributed by atoms with Crippen molar-refractivity contribution in [2.75, 3.05) is 26.0 Å². The van der Waals surface area contributed by atoms with Crippen molar-refractivity contribution in [2.45, 2.75) is 30.2 Å². The van der Waals surface area contributed by atoms with Crippen molar-refractivity contribution in [3.05, 3.63) is 29.3 Å². The molecule has 19 heavy (non-hydrogen) atoms. The van der Waals surface area contributed by atoms with Gasteiger partial charge in [-0.3, -0.25) is 0 Å². The fraction of sp³-hybridized carbons (Fsp3) is 0.600. The van der Waals surface area contributed by atoms with Gasteiger partial charge in [0.15, 0.2) is 0 Å². The zero-order valence-corrected chi connectivity index (χ0v) is 13.0. The van der Waals surface area contributed by atoms with Crippen LogP contribution in [-0.4, -0.2) is 32.1 Å². The van der Waals surface area contributed by atoms with Crippen LogP contribution in [0.2, 0.25) is 5.02 Å². The maximum atomic E-state index is 6.01. The van der Waals surface area contributed by atoms with Crippen LogP contribution in [0.3, 0.4) is 0 Å². The Balaban J connectivity index is 1.78. The number of hydrogen-bond acceptors (Lipinski definition) is 3. The number of benzene rings is 1. The average Bonchev–Trinajstić information content (AvgIpc) is 2.44. The molecule has 106 valence electrons. The molecule has 1 heterocycles. The lowest BCUT2D eigenvalue weighted by Crippen LogP contribution is -2.32. The SMILES string of the molecule is CNC(CSc1cccc(Cl)c1)CC1CCOCC1. The van der Waals surface area contributed by atoms with Gasteiger partial charge in [-0.1, -0.05) is 17.7 Å². The number of hydrogen-bond donors (Lipinski definition) is 1. The van der Waals surface area contributed by atoms with Gasteiger partial charge < -0.3 is 10.1 Å². The van der Waals surface area contributed by atoms with Gasteiger partial charge in [0.25, 0.3) is 0 Å². The van der Waals surface area contributed by atoms with E-state index in [0.717, 1.165) is 29.9 Å². The summed E-state index contributed by atoms with van der Waals surface area (Å²) in [6.45, 7) is 1.87. The van der Waals surface area contributed by atoms with Gasteiger partial charge in [0.05, 0.1) is 0 Å². The second-order valence-corrected chi connectivity index (χ2v) is 6.58. The molecule has 2 rings (SSSR count). The van der Waals surface area contributed by atoms with Crippen molar-refractivity contribution in [3.8, 4) is 0 Å². The highest BCUT2D eigenvalue weighted by molar-refractivity contribution is 7.99. The first-order valence-corrected chi connectivity index (χ1v) is 8.27. The van der Waals surface area contributed by atoms with Crippen LogP contribution < -0.4 is 5.32 Å². The van der Waals surface area contributed by atoms with Gasteiger partial charge in [-0.05, 0) is 50.4 Å². The van der Waals surface area contributed by atoms with Gasteiger partial charge in [0.2, 0.25) is 0 Å². The third-order valence-electron chi connectivity index (χ3n) is 3.61.